The summed E-state index contributed by atoms with van der Waals surface area (Å²) in [5.41, 5.74) is 0. The molecule has 0 spiro atoms. The van der Waals surface area contributed by atoms with Crippen molar-refractivity contribution in [3.05, 3.63) is 5.32 Å². The van der Waals surface area contributed by atoms with Crippen LogP contribution in [0.15, 0.2) is 0 Å². The second-order valence-corrected chi connectivity index (χ2v) is 2.41. The van der Waals surface area contributed by atoms with Crippen LogP contribution in [0.5, 0.6) is 0 Å². The molecule has 4 heteroatoms. The van der Waals surface area contributed by atoms with E-state index in [4.69, 9.17) is 0 Å². The molecule has 0 aromatic carbocycles. The van der Waals surface area contributed by atoms with Crippen molar-refractivity contribution in [2.75, 3.05) is 0 Å². The zero-order chi connectivity index (χ0) is 6.85. The Bertz CT molecular complexity index is 142. The fourth-order valence-corrected chi connectivity index (χ4v) is 0.899. The van der Waals surface area contributed by atoms with Gasteiger partial charge in [0.25, 0.3) is 0 Å². The monoisotopic (exact) mass is 228 g/mol. The first-order valence-electron chi connectivity index (χ1n) is 2.96. The number of imide groups is 1. The van der Waals surface area contributed by atoms with Gasteiger partial charge < -0.3 is 14.9 Å². The van der Waals surface area contributed by atoms with E-state index in [0.29, 0.717) is 12.8 Å². The van der Waals surface area contributed by atoms with Crippen LogP contribution in [0.1, 0.15) is 19.8 Å². The van der Waals surface area contributed by atoms with Crippen molar-refractivity contribution in [2.45, 2.75) is 19.8 Å². The van der Waals surface area contributed by atoms with Crippen molar-refractivity contribution in [1.29, 1.82) is 0 Å². The largest absolute Gasteiger partial charge is 1.00 e. The number of piperidine rings is 1. The fourth-order valence-electron chi connectivity index (χ4n) is 0.899. The Hall–Kier alpha value is -0.237. The first-order valence-corrected chi connectivity index (χ1v) is 2.96. The fraction of sp³-hybridized carbons (Fsp3) is 0.667. The van der Waals surface area contributed by atoms with E-state index in [-0.39, 0.29) is 37.2 Å². The number of hydrogen-bond acceptors (Lipinski definition) is 2. The number of nitrogens with zero attached hydrogens (tertiary/aromatic N) is 1. The van der Waals surface area contributed by atoms with E-state index in [2.05, 4.69) is 5.32 Å². The molecule has 0 saturated carbocycles. The third-order valence-electron chi connectivity index (χ3n) is 1.30. The van der Waals surface area contributed by atoms with E-state index in [9.17, 15) is 9.59 Å². The number of hydrogen-bond donors (Lipinski definition) is 0. The summed E-state index contributed by atoms with van der Waals surface area (Å²) in [7, 11) is 0. The summed E-state index contributed by atoms with van der Waals surface area (Å²) in [5, 5.41) is 3.26. The summed E-state index contributed by atoms with van der Waals surface area (Å²) in [6.07, 6.45) is 0.872. The first-order chi connectivity index (χ1) is 4.18. The summed E-state index contributed by atoms with van der Waals surface area (Å²) in [4.78, 5) is 21.0. The molecule has 1 rings (SSSR count). The minimum absolute atomic E-state index is 0. The van der Waals surface area contributed by atoms with Crippen molar-refractivity contribution in [3.63, 3.8) is 0 Å². The molecule has 1 radical (unpaired) electrons. The van der Waals surface area contributed by atoms with Gasteiger partial charge in [0.2, 0.25) is 0 Å². The predicted molar refractivity (Wildman–Crippen MR) is 31.8 cm³/mol. The average molecular weight is 227 g/mol. The third-order valence-corrected chi connectivity index (χ3v) is 1.30. The van der Waals surface area contributed by atoms with E-state index in [1.165, 1.54) is 0 Å². The standard InChI is InChI=1S/C6H9NO2.Ru/c1-4-2-5(8)7-6(9)3-4;/h4H,2-3H2,1H3,(H,7,8,9);/q;+1/p-1. The minimum Gasteiger partial charge on any atom is -0.596 e. The van der Waals surface area contributed by atoms with Crippen LogP contribution >= 0.6 is 0 Å². The Labute approximate surface area is 72.3 Å². The van der Waals surface area contributed by atoms with E-state index < -0.39 is 0 Å². The SMILES string of the molecule is CC1CC(=O)[N-]C(=O)C1.[Ru+]. The van der Waals surface area contributed by atoms with Gasteiger partial charge in [-0.3, -0.25) is 0 Å². The summed E-state index contributed by atoms with van der Waals surface area (Å²) >= 11 is 0. The van der Waals surface area contributed by atoms with Gasteiger partial charge >= 0.3 is 19.5 Å². The smallest absolute Gasteiger partial charge is 0.596 e. The molecule has 0 aromatic rings. The van der Waals surface area contributed by atoms with Crippen LogP contribution in [0.3, 0.4) is 0 Å². The van der Waals surface area contributed by atoms with Gasteiger partial charge in [0.15, 0.2) is 0 Å². The maximum atomic E-state index is 10.5. The average Bonchev–Trinajstić information content (AvgIpc) is 1.59. The van der Waals surface area contributed by atoms with Crippen LogP contribution in [0.2, 0.25) is 0 Å². The van der Waals surface area contributed by atoms with E-state index in [1.807, 2.05) is 6.92 Å². The van der Waals surface area contributed by atoms with E-state index in [1.54, 1.807) is 0 Å². The molecule has 1 heterocycles. The van der Waals surface area contributed by atoms with Crippen LogP contribution in [0.25, 0.3) is 5.32 Å². The summed E-state index contributed by atoms with van der Waals surface area (Å²) < 4.78 is 0. The van der Waals surface area contributed by atoms with Crippen molar-refractivity contribution in [1.82, 2.24) is 0 Å². The summed E-state index contributed by atoms with van der Waals surface area (Å²) in [6, 6.07) is 0. The van der Waals surface area contributed by atoms with Gasteiger partial charge in [-0.2, -0.15) is 0 Å². The van der Waals surface area contributed by atoms with Crippen molar-refractivity contribution >= 4 is 11.8 Å². The zero-order valence-electron chi connectivity index (χ0n) is 5.61. The molecule has 1 aliphatic rings. The van der Waals surface area contributed by atoms with Gasteiger partial charge in [-0.05, 0) is 18.8 Å². The molecule has 1 fully saturated rings. The summed E-state index contributed by atoms with van der Waals surface area (Å²) in [5.74, 6) is -0.333. The molecule has 57 valence electrons. The maximum absolute atomic E-state index is 10.5. The molecular weight excluding hydrogens is 219 g/mol. The van der Waals surface area contributed by atoms with Gasteiger partial charge in [0.05, 0.1) is 11.8 Å². The van der Waals surface area contributed by atoms with Crippen LogP contribution in [-0.2, 0) is 29.1 Å². The molecule has 0 unspecified atom stereocenters. The Morgan fingerprint density at radius 1 is 1.30 bits per heavy atom. The van der Waals surface area contributed by atoms with Crippen LogP contribution in [-0.4, -0.2) is 11.8 Å². The van der Waals surface area contributed by atoms with E-state index >= 15 is 0 Å². The predicted octanol–water partition coefficient (Wildman–Crippen LogP) is 0.841. The van der Waals surface area contributed by atoms with Gasteiger partial charge in [0, 0.05) is 0 Å². The Kier molecular flexibility index (Phi) is 3.73. The molecule has 0 bridgehead atoms. The van der Waals surface area contributed by atoms with Gasteiger partial charge in [-0.15, -0.1) is 0 Å². The topological polar surface area (TPSA) is 48.2 Å². The summed E-state index contributed by atoms with van der Waals surface area (Å²) in [6.45, 7) is 1.88. The Balaban J connectivity index is 0.000000810. The Morgan fingerprint density at radius 2 is 1.70 bits per heavy atom. The molecule has 1 aliphatic heterocycles. The van der Waals surface area contributed by atoms with Crippen LogP contribution in [0.4, 0.5) is 0 Å². The molecule has 2 amide bonds. The second kappa shape index (κ2) is 3.82. The quantitative estimate of drug-likeness (QED) is 0.455. The Morgan fingerprint density at radius 3 is 2.00 bits per heavy atom. The van der Waals surface area contributed by atoms with Crippen LogP contribution < -0.4 is 0 Å². The normalized spacial score (nSPS) is 19.7. The molecule has 3 nitrogen and oxygen atoms in total. The minimum atomic E-state index is -0.265. The molecule has 10 heavy (non-hydrogen) atoms. The van der Waals surface area contributed by atoms with Crippen molar-refractivity contribution < 1.29 is 29.1 Å². The molecule has 1 saturated heterocycles. The molecule has 0 N–H and O–H groups in total. The maximum Gasteiger partial charge on any atom is 1.00 e. The number of rotatable bonds is 0. The van der Waals surface area contributed by atoms with Gasteiger partial charge in [0.1, 0.15) is 0 Å². The van der Waals surface area contributed by atoms with Gasteiger partial charge in [-0.1, -0.05) is 6.92 Å². The molecule has 0 aromatic heterocycles. The zero-order valence-corrected chi connectivity index (χ0v) is 7.35. The third kappa shape index (κ3) is 2.57. The van der Waals surface area contributed by atoms with Crippen molar-refractivity contribution in [2.24, 2.45) is 5.92 Å². The number of amides is 2. The molecule has 0 aliphatic carbocycles. The molecular formula is C6H8NO2Ru. The van der Waals surface area contributed by atoms with E-state index in [0.717, 1.165) is 0 Å². The molecule has 0 atom stereocenters. The number of carbonyl (C=O) groups excluding carboxylic acids is 2. The second-order valence-electron chi connectivity index (χ2n) is 2.41. The van der Waals surface area contributed by atoms with Crippen LogP contribution in [0, 0.1) is 5.92 Å². The number of carbonyl (C=O) groups is 2. The van der Waals surface area contributed by atoms with Crippen molar-refractivity contribution in [3.8, 4) is 0 Å². The first kappa shape index (κ1) is 9.76. The van der Waals surface area contributed by atoms with Gasteiger partial charge in [-0.25, -0.2) is 0 Å².